The summed E-state index contributed by atoms with van der Waals surface area (Å²) in [7, 11) is 0. The van der Waals surface area contributed by atoms with Gasteiger partial charge in [-0.25, -0.2) is 0 Å². The Hall–Kier alpha value is -0.550. The zero-order valence-electron chi connectivity index (χ0n) is 7.82. The fourth-order valence-corrected chi connectivity index (χ4v) is 1.71. The van der Waals surface area contributed by atoms with Crippen LogP contribution >= 0.6 is 11.8 Å². The van der Waals surface area contributed by atoms with Crippen LogP contribution in [0.3, 0.4) is 0 Å². The maximum atomic E-state index is 11.2. The SMILES string of the molecule is CC(C)[C@@H](N)CN1C(=O)CSC1=O. The first-order valence-corrected chi connectivity index (χ1v) is 5.23. The van der Waals surface area contributed by atoms with Gasteiger partial charge < -0.3 is 5.73 Å². The summed E-state index contributed by atoms with van der Waals surface area (Å²) in [6.45, 7) is 4.30. The molecule has 1 aliphatic rings. The molecular weight excluding hydrogens is 188 g/mol. The topological polar surface area (TPSA) is 63.4 Å². The molecule has 74 valence electrons. The van der Waals surface area contributed by atoms with Crippen molar-refractivity contribution in [3.05, 3.63) is 0 Å². The Morgan fingerprint density at radius 1 is 1.54 bits per heavy atom. The molecule has 1 saturated heterocycles. The van der Waals surface area contributed by atoms with E-state index in [1.165, 1.54) is 4.90 Å². The number of hydrogen-bond donors (Lipinski definition) is 1. The van der Waals surface area contributed by atoms with E-state index in [0.29, 0.717) is 6.54 Å². The number of imide groups is 1. The minimum atomic E-state index is -0.166. The summed E-state index contributed by atoms with van der Waals surface area (Å²) in [6.07, 6.45) is 0. The third kappa shape index (κ3) is 2.45. The van der Waals surface area contributed by atoms with Gasteiger partial charge in [0.2, 0.25) is 5.91 Å². The Morgan fingerprint density at radius 2 is 2.15 bits per heavy atom. The van der Waals surface area contributed by atoms with Crippen LogP contribution in [0, 0.1) is 5.92 Å². The van der Waals surface area contributed by atoms with Crippen molar-refractivity contribution in [3.8, 4) is 0 Å². The molecule has 4 nitrogen and oxygen atoms in total. The lowest BCUT2D eigenvalue weighted by Gasteiger charge is -2.20. The van der Waals surface area contributed by atoms with Gasteiger partial charge in [-0.05, 0) is 5.92 Å². The Balaban J connectivity index is 2.52. The average Bonchev–Trinajstić information content (AvgIpc) is 2.35. The van der Waals surface area contributed by atoms with Gasteiger partial charge in [-0.15, -0.1) is 0 Å². The van der Waals surface area contributed by atoms with E-state index in [4.69, 9.17) is 5.73 Å². The van der Waals surface area contributed by atoms with E-state index < -0.39 is 0 Å². The fourth-order valence-electron chi connectivity index (χ4n) is 0.979. The van der Waals surface area contributed by atoms with Crippen LogP contribution in [0.15, 0.2) is 0 Å². The number of thioether (sulfide) groups is 1. The zero-order valence-corrected chi connectivity index (χ0v) is 8.63. The van der Waals surface area contributed by atoms with Crippen molar-refractivity contribution in [2.45, 2.75) is 19.9 Å². The van der Waals surface area contributed by atoms with E-state index in [1.54, 1.807) is 0 Å². The van der Waals surface area contributed by atoms with Crippen LogP contribution in [-0.4, -0.2) is 34.4 Å². The maximum absolute atomic E-state index is 11.2. The molecular formula is C8H14N2O2S. The number of nitrogens with zero attached hydrogens (tertiary/aromatic N) is 1. The van der Waals surface area contributed by atoms with Crippen LogP contribution in [0.25, 0.3) is 0 Å². The molecule has 1 aliphatic heterocycles. The molecule has 2 N–H and O–H groups in total. The first-order chi connectivity index (χ1) is 6.02. The quantitative estimate of drug-likeness (QED) is 0.730. The van der Waals surface area contributed by atoms with E-state index in [0.717, 1.165) is 11.8 Å². The summed E-state index contributed by atoms with van der Waals surface area (Å²) in [5.41, 5.74) is 5.77. The highest BCUT2D eigenvalue weighted by Crippen LogP contribution is 2.19. The monoisotopic (exact) mass is 202 g/mol. The number of hydrogen-bond acceptors (Lipinski definition) is 4. The Bertz CT molecular complexity index is 214. The lowest BCUT2D eigenvalue weighted by molar-refractivity contribution is -0.124. The Kier molecular flexibility index (Phi) is 3.33. The van der Waals surface area contributed by atoms with E-state index in [-0.39, 0.29) is 28.9 Å². The molecule has 0 saturated carbocycles. The van der Waals surface area contributed by atoms with Gasteiger partial charge in [-0.2, -0.15) is 0 Å². The molecule has 0 aliphatic carbocycles. The molecule has 1 heterocycles. The summed E-state index contributed by atoms with van der Waals surface area (Å²) in [4.78, 5) is 23.6. The average molecular weight is 202 g/mol. The lowest BCUT2D eigenvalue weighted by Crippen LogP contribution is -2.42. The van der Waals surface area contributed by atoms with Gasteiger partial charge >= 0.3 is 0 Å². The van der Waals surface area contributed by atoms with Crippen LogP contribution < -0.4 is 5.73 Å². The van der Waals surface area contributed by atoms with Crippen molar-refractivity contribution in [1.82, 2.24) is 4.90 Å². The fraction of sp³-hybridized carbons (Fsp3) is 0.750. The van der Waals surface area contributed by atoms with Gasteiger partial charge in [0.15, 0.2) is 0 Å². The summed E-state index contributed by atoms with van der Waals surface area (Å²) in [5, 5.41) is -0.166. The first-order valence-electron chi connectivity index (χ1n) is 4.25. The molecule has 0 aromatic carbocycles. The number of amides is 2. The van der Waals surface area contributed by atoms with E-state index in [9.17, 15) is 9.59 Å². The van der Waals surface area contributed by atoms with E-state index in [2.05, 4.69) is 0 Å². The minimum Gasteiger partial charge on any atom is -0.326 e. The van der Waals surface area contributed by atoms with Crippen LogP contribution in [0.5, 0.6) is 0 Å². The molecule has 0 unspecified atom stereocenters. The molecule has 1 fully saturated rings. The van der Waals surface area contributed by atoms with Crippen LogP contribution in [0.2, 0.25) is 0 Å². The number of rotatable bonds is 3. The Labute approximate surface area is 81.8 Å². The van der Waals surface area contributed by atoms with Crippen LogP contribution in [0.1, 0.15) is 13.8 Å². The Morgan fingerprint density at radius 3 is 2.54 bits per heavy atom. The van der Waals surface area contributed by atoms with Crippen LogP contribution in [0.4, 0.5) is 4.79 Å². The van der Waals surface area contributed by atoms with Crippen molar-refractivity contribution in [1.29, 1.82) is 0 Å². The summed E-state index contributed by atoms with van der Waals surface area (Å²) < 4.78 is 0. The summed E-state index contributed by atoms with van der Waals surface area (Å²) >= 11 is 1.05. The van der Waals surface area contributed by atoms with Gasteiger partial charge in [-0.1, -0.05) is 25.6 Å². The van der Waals surface area contributed by atoms with Crippen molar-refractivity contribution in [3.63, 3.8) is 0 Å². The number of carbonyl (C=O) groups is 2. The largest absolute Gasteiger partial charge is 0.326 e. The molecule has 5 heteroatoms. The molecule has 0 bridgehead atoms. The van der Waals surface area contributed by atoms with Gasteiger partial charge in [0.25, 0.3) is 5.24 Å². The predicted octanol–water partition coefficient (Wildman–Crippen LogP) is 0.665. The molecule has 13 heavy (non-hydrogen) atoms. The predicted molar refractivity (Wildman–Crippen MR) is 52.4 cm³/mol. The molecule has 1 atom stereocenters. The highest BCUT2D eigenvalue weighted by molar-refractivity contribution is 8.14. The molecule has 2 amide bonds. The highest BCUT2D eigenvalue weighted by atomic mass is 32.2. The van der Waals surface area contributed by atoms with Gasteiger partial charge in [0.05, 0.1) is 5.75 Å². The third-order valence-corrected chi connectivity index (χ3v) is 2.95. The number of carbonyl (C=O) groups excluding carboxylic acids is 2. The van der Waals surface area contributed by atoms with Crippen molar-refractivity contribution in [2.24, 2.45) is 11.7 Å². The third-order valence-electron chi connectivity index (χ3n) is 2.09. The standard InChI is InChI=1S/C8H14N2O2S/c1-5(2)6(9)3-10-7(11)4-13-8(10)12/h5-6H,3-4,9H2,1-2H3/t6-/m0/s1. The van der Waals surface area contributed by atoms with Crippen molar-refractivity contribution >= 4 is 22.9 Å². The second-order valence-corrected chi connectivity index (χ2v) is 4.39. The highest BCUT2D eigenvalue weighted by Gasteiger charge is 2.31. The van der Waals surface area contributed by atoms with E-state index in [1.807, 2.05) is 13.8 Å². The minimum absolute atomic E-state index is 0.119. The van der Waals surface area contributed by atoms with Gasteiger partial charge in [-0.3, -0.25) is 14.5 Å². The maximum Gasteiger partial charge on any atom is 0.288 e. The summed E-state index contributed by atoms with van der Waals surface area (Å²) in [5.74, 6) is 0.432. The molecule has 0 spiro atoms. The molecule has 0 aromatic heterocycles. The number of nitrogens with two attached hydrogens (primary N) is 1. The first kappa shape index (κ1) is 10.5. The smallest absolute Gasteiger partial charge is 0.288 e. The van der Waals surface area contributed by atoms with Crippen molar-refractivity contribution in [2.75, 3.05) is 12.3 Å². The van der Waals surface area contributed by atoms with Crippen LogP contribution in [-0.2, 0) is 4.79 Å². The zero-order chi connectivity index (χ0) is 10.0. The van der Waals surface area contributed by atoms with Crippen molar-refractivity contribution < 1.29 is 9.59 Å². The molecule has 1 rings (SSSR count). The molecule has 0 aromatic rings. The lowest BCUT2D eigenvalue weighted by atomic mass is 10.1. The van der Waals surface area contributed by atoms with E-state index >= 15 is 0 Å². The van der Waals surface area contributed by atoms with Gasteiger partial charge in [0.1, 0.15) is 0 Å². The second kappa shape index (κ2) is 4.11. The normalized spacial score (nSPS) is 20.2. The van der Waals surface area contributed by atoms with Gasteiger partial charge in [0, 0.05) is 12.6 Å². The molecule has 0 radical (unpaired) electrons. The second-order valence-electron chi connectivity index (χ2n) is 3.47. The summed E-state index contributed by atoms with van der Waals surface area (Å²) in [6, 6.07) is -0.119.